The molecule has 6 rings (SSSR count). The van der Waals surface area contributed by atoms with Crippen LogP contribution in [-0.2, 0) is 25.5 Å². The molecule has 1 aromatic heterocycles. The lowest BCUT2D eigenvalue weighted by Crippen LogP contribution is -2.51. The summed E-state index contributed by atoms with van der Waals surface area (Å²) in [5.41, 5.74) is 1.36. The maximum atomic E-state index is 13.7. The number of hydrogen-bond donors (Lipinski definition) is 1. The molecule has 1 amide bonds. The van der Waals surface area contributed by atoms with Crippen molar-refractivity contribution < 1.29 is 19.1 Å². The second-order valence-corrected chi connectivity index (χ2v) is 9.19. The number of rotatable bonds is 2. The third-order valence-electron chi connectivity index (χ3n) is 7.35. The van der Waals surface area contributed by atoms with Crippen LogP contribution < -0.4 is 0 Å². The number of halogens is 1. The first-order valence-corrected chi connectivity index (χ1v) is 10.4. The lowest BCUT2D eigenvalue weighted by Gasteiger charge is -2.40. The Balaban J connectivity index is 1.64. The Labute approximate surface area is 172 Å². The summed E-state index contributed by atoms with van der Waals surface area (Å²) in [5.74, 6) is -0.678. The minimum absolute atomic E-state index is 0.247. The summed E-state index contributed by atoms with van der Waals surface area (Å²) < 4.78 is 11.7. The van der Waals surface area contributed by atoms with Gasteiger partial charge in [-0.25, -0.2) is 4.79 Å². The minimum Gasteiger partial charge on any atom is -0.467 e. The maximum absolute atomic E-state index is 13.7. The van der Waals surface area contributed by atoms with Gasteiger partial charge in [0.15, 0.2) is 4.87 Å². The number of amides is 1. The molecule has 7 heteroatoms. The highest BCUT2D eigenvalue weighted by Gasteiger charge is 2.79. The Morgan fingerprint density at radius 2 is 2.17 bits per heavy atom. The topological polar surface area (TPSA) is 71.6 Å². The molecule has 4 aliphatic heterocycles. The molecule has 1 aromatic carbocycles. The SMILES string of the molecule is CC[C@]12C=C[C@@]3(O1)[C@@H]1c4[nH]c5ccccc5c4C[C@@H](C(=O)OC)N1C(=O)[C@]3(Cl)C2. The van der Waals surface area contributed by atoms with Gasteiger partial charge in [0.05, 0.1) is 12.7 Å². The molecular formula is C22H21ClN2O4. The number of H-pyrrole nitrogens is 1. The number of carbonyl (C=O) groups excluding carboxylic acids is 2. The van der Waals surface area contributed by atoms with Crippen molar-refractivity contribution in [3.8, 4) is 0 Å². The lowest BCUT2D eigenvalue weighted by molar-refractivity contribution is -0.155. The predicted octanol–water partition coefficient (Wildman–Crippen LogP) is 3.00. The largest absolute Gasteiger partial charge is 0.467 e. The van der Waals surface area contributed by atoms with Crippen LogP contribution in [0.2, 0.25) is 0 Å². The van der Waals surface area contributed by atoms with Crippen LogP contribution in [0.3, 0.4) is 0 Å². The summed E-state index contributed by atoms with van der Waals surface area (Å²) in [6.45, 7) is 2.04. The number of nitrogens with zero attached hydrogens (tertiary/aromatic N) is 1. The normalized spacial score (nSPS) is 39.0. The van der Waals surface area contributed by atoms with E-state index in [1.807, 2.05) is 37.3 Å². The van der Waals surface area contributed by atoms with Crippen molar-refractivity contribution in [1.29, 1.82) is 0 Å². The molecule has 1 spiro atoms. The highest BCUT2D eigenvalue weighted by atomic mass is 35.5. The van der Waals surface area contributed by atoms with Crippen molar-refractivity contribution in [1.82, 2.24) is 9.88 Å². The number of benzene rings is 1. The van der Waals surface area contributed by atoms with Crippen LogP contribution >= 0.6 is 11.6 Å². The number of aromatic nitrogens is 1. The molecule has 0 unspecified atom stereocenters. The highest BCUT2D eigenvalue weighted by molar-refractivity contribution is 6.38. The van der Waals surface area contributed by atoms with Gasteiger partial charge >= 0.3 is 5.97 Å². The molecule has 0 aliphatic carbocycles. The third kappa shape index (κ3) is 1.79. The Hall–Kier alpha value is -2.31. The van der Waals surface area contributed by atoms with Crippen molar-refractivity contribution in [2.24, 2.45) is 0 Å². The zero-order chi connectivity index (χ0) is 20.2. The van der Waals surface area contributed by atoms with Gasteiger partial charge in [-0.1, -0.05) is 31.2 Å². The predicted molar refractivity (Wildman–Crippen MR) is 107 cm³/mol. The number of hydrogen-bond acceptors (Lipinski definition) is 4. The van der Waals surface area contributed by atoms with E-state index in [2.05, 4.69) is 11.1 Å². The Morgan fingerprint density at radius 3 is 2.93 bits per heavy atom. The zero-order valence-corrected chi connectivity index (χ0v) is 17.0. The summed E-state index contributed by atoms with van der Waals surface area (Å²) in [4.78, 5) is 30.3. The van der Waals surface area contributed by atoms with E-state index in [4.69, 9.17) is 21.1 Å². The summed E-state index contributed by atoms with van der Waals surface area (Å²) in [6.07, 6.45) is 5.54. The molecule has 0 radical (unpaired) electrons. The first-order valence-electron chi connectivity index (χ1n) is 9.99. The molecule has 4 aliphatic rings. The number of carbonyl (C=O) groups is 2. The van der Waals surface area contributed by atoms with E-state index >= 15 is 0 Å². The zero-order valence-electron chi connectivity index (χ0n) is 16.2. The van der Waals surface area contributed by atoms with Crippen molar-refractivity contribution >= 4 is 34.4 Å². The van der Waals surface area contributed by atoms with E-state index in [9.17, 15) is 9.59 Å². The molecule has 2 aromatic rings. The van der Waals surface area contributed by atoms with Gasteiger partial charge in [0.1, 0.15) is 17.7 Å². The van der Waals surface area contributed by atoms with Crippen LogP contribution in [0.15, 0.2) is 36.4 Å². The molecule has 5 atom stereocenters. The molecule has 1 N–H and O–H groups in total. The number of para-hydroxylation sites is 1. The number of fused-ring (bicyclic) bond motifs is 6. The minimum atomic E-state index is -1.23. The number of alkyl halides is 1. The van der Waals surface area contributed by atoms with Crippen LogP contribution in [0.1, 0.15) is 37.1 Å². The second kappa shape index (κ2) is 5.24. The summed E-state index contributed by atoms with van der Waals surface area (Å²) in [7, 11) is 1.35. The monoisotopic (exact) mass is 412 g/mol. The van der Waals surface area contributed by atoms with Crippen LogP contribution in [-0.4, -0.2) is 51.0 Å². The van der Waals surface area contributed by atoms with Gasteiger partial charge in [-0.05, 0) is 24.1 Å². The highest BCUT2D eigenvalue weighted by Crippen LogP contribution is 2.68. The van der Waals surface area contributed by atoms with Gasteiger partial charge < -0.3 is 19.4 Å². The van der Waals surface area contributed by atoms with E-state index in [-0.39, 0.29) is 5.91 Å². The van der Waals surface area contributed by atoms with Gasteiger partial charge in [0.25, 0.3) is 0 Å². The fourth-order valence-electron chi connectivity index (χ4n) is 5.96. The molecule has 2 bridgehead atoms. The number of nitrogens with one attached hydrogen (secondary N) is 1. The number of ether oxygens (including phenoxy) is 2. The van der Waals surface area contributed by atoms with E-state index in [1.54, 1.807) is 4.90 Å². The lowest BCUT2D eigenvalue weighted by atomic mass is 9.75. The van der Waals surface area contributed by atoms with Crippen LogP contribution in [0, 0.1) is 0 Å². The van der Waals surface area contributed by atoms with Crippen LogP contribution in [0.25, 0.3) is 10.9 Å². The molecule has 5 heterocycles. The summed E-state index contributed by atoms with van der Waals surface area (Å²) in [5, 5.41) is 1.05. The second-order valence-electron chi connectivity index (χ2n) is 8.55. The number of aromatic amines is 1. The molecule has 2 fully saturated rings. The van der Waals surface area contributed by atoms with Crippen molar-refractivity contribution in [2.75, 3.05) is 7.11 Å². The Kier molecular flexibility index (Phi) is 3.17. The Bertz CT molecular complexity index is 1130. The van der Waals surface area contributed by atoms with Gasteiger partial charge in [0, 0.05) is 29.4 Å². The van der Waals surface area contributed by atoms with Gasteiger partial charge in [-0.15, -0.1) is 11.6 Å². The van der Waals surface area contributed by atoms with E-state index in [1.165, 1.54) is 7.11 Å². The molecule has 2 saturated heterocycles. The van der Waals surface area contributed by atoms with Crippen molar-refractivity contribution in [3.63, 3.8) is 0 Å². The Morgan fingerprint density at radius 1 is 1.38 bits per heavy atom. The quantitative estimate of drug-likeness (QED) is 0.467. The van der Waals surface area contributed by atoms with Gasteiger partial charge in [-0.2, -0.15) is 0 Å². The molecule has 0 saturated carbocycles. The summed E-state index contributed by atoms with van der Waals surface area (Å²) >= 11 is 7.09. The molecule has 29 heavy (non-hydrogen) atoms. The molecular weight excluding hydrogens is 392 g/mol. The van der Waals surface area contributed by atoms with Gasteiger partial charge in [0.2, 0.25) is 5.91 Å². The fraction of sp³-hybridized carbons (Fsp3) is 0.455. The van der Waals surface area contributed by atoms with Crippen molar-refractivity contribution in [3.05, 3.63) is 47.7 Å². The fourth-order valence-corrected chi connectivity index (χ4v) is 6.49. The van der Waals surface area contributed by atoms with E-state index in [0.29, 0.717) is 12.8 Å². The first kappa shape index (κ1) is 17.5. The standard InChI is InChI=1S/C22H21ClN2O4/c1-3-20-8-9-22(29-20)17-16-13(12-6-4-5-7-14(12)24-16)10-15(18(26)28-2)25(17)19(27)21(22,23)11-20/h4-9,15,17,24H,3,10-11H2,1-2H3/t15-,17-,20+,21+,22+/m0/s1. The molecule has 150 valence electrons. The summed E-state index contributed by atoms with van der Waals surface area (Å²) in [6, 6.07) is 6.75. The number of esters is 1. The average molecular weight is 413 g/mol. The van der Waals surface area contributed by atoms with E-state index in [0.717, 1.165) is 28.6 Å². The van der Waals surface area contributed by atoms with E-state index < -0.39 is 34.1 Å². The number of methoxy groups -OCH3 is 1. The first-order chi connectivity index (χ1) is 13.9. The smallest absolute Gasteiger partial charge is 0.328 e. The third-order valence-corrected chi connectivity index (χ3v) is 7.94. The van der Waals surface area contributed by atoms with Crippen molar-refractivity contribution in [2.45, 2.75) is 54.3 Å². The van der Waals surface area contributed by atoms with Crippen LogP contribution in [0.4, 0.5) is 0 Å². The molecule has 6 nitrogen and oxygen atoms in total. The maximum Gasteiger partial charge on any atom is 0.328 e. The van der Waals surface area contributed by atoms with Gasteiger partial charge in [-0.3, -0.25) is 4.79 Å². The average Bonchev–Trinajstić information content (AvgIpc) is 3.42. The van der Waals surface area contributed by atoms with Crippen LogP contribution in [0.5, 0.6) is 0 Å².